The molecule has 27 heavy (non-hydrogen) atoms. The number of allylic oxidation sites excluding steroid dienone is 2. The smallest absolute Gasteiger partial charge is 0.243 e. The van der Waals surface area contributed by atoms with Gasteiger partial charge in [-0.2, -0.15) is 4.72 Å². The average molecular weight is 473 g/mol. The first-order valence-electron chi connectivity index (χ1n) is 7.97. The first-order chi connectivity index (χ1) is 12.6. The first-order valence-corrected chi connectivity index (χ1v) is 11.0. The van der Waals surface area contributed by atoms with Gasteiger partial charge in [-0.05, 0) is 25.5 Å². The highest BCUT2D eigenvalue weighted by molar-refractivity contribution is 7.89. The van der Waals surface area contributed by atoms with E-state index in [0.717, 1.165) is 12.0 Å². The second-order valence-electron chi connectivity index (χ2n) is 5.89. The summed E-state index contributed by atoms with van der Waals surface area (Å²) in [5.41, 5.74) is -1.20. The number of benzene rings is 1. The van der Waals surface area contributed by atoms with Gasteiger partial charge in [-0.25, -0.2) is 8.42 Å². The van der Waals surface area contributed by atoms with Gasteiger partial charge in [0.25, 0.3) is 0 Å². The van der Waals surface area contributed by atoms with Crippen molar-refractivity contribution in [2.24, 2.45) is 0 Å². The maximum Gasteiger partial charge on any atom is 0.243 e. The molecule has 148 valence electrons. The number of Topliss-reactive ketones (excluding diaryl/α,β-unsaturated/α-hetero) is 1. The zero-order chi connectivity index (χ0) is 20.4. The van der Waals surface area contributed by atoms with Crippen molar-refractivity contribution in [3.8, 4) is 0 Å². The molecule has 1 aliphatic carbocycles. The molecule has 0 amide bonds. The lowest BCUT2D eigenvalue weighted by Crippen LogP contribution is -2.53. The van der Waals surface area contributed by atoms with Crippen LogP contribution in [0.5, 0.6) is 0 Å². The number of hydrogen-bond acceptors (Lipinski definition) is 4. The molecular formula is C17H17Cl4NO4S. The van der Waals surface area contributed by atoms with E-state index in [1.807, 2.05) is 13.8 Å². The van der Waals surface area contributed by atoms with Gasteiger partial charge in [-0.1, -0.05) is 77.4 Å². The number of carbonyl (C=O) groups excluding carboxylic acids is 1. The van der Waals surface area contributed by atoms with Crippen LogP contribution in [-0.2, 0) is 19.6 Å². The number of sulfonamides is 1. The predicted molar refractivity (Wildman–Crippen MR) is 108 cm³/mol. The van der Waals surface area contributed by atoms with E-state index in [1.54, 1.807) is 12.1 Å². The van der Waals surface area contributed by atoms with Gasteiger partial charge in [0.15, 0.2) is 0 Å². The summed E-state index contributed by atoms with van der Waals surface area (Å²) < 4.78 is 33.9. The summed E-state index contributed by atoms with van der Waals surface area (Å²) in [6.45, 7) is 3.85. The van der Waals surface area contributed by atoms with Crippen LogP contribution in [0.1, 0.15) is 25.3 Å². The highest BCUT2D eigenvalue weighted by Crippen LogP contribution is 2.44. The Labute approximate surface area is 178 Å². The summed E-state index contributed by atoms with van der Waals surface area (Å²) in [5, 5.41) is -1.71. The molecule has 0 unspecified atom stereocenters. The van der Waals surface area contributed by atoms with E-state index in [1.165, 1.54) is 12.1 Å². The molecule has 0 heterocycles. The Morgan fingerprint density at radius 3 is 2.04 bits per heavy atom. The SMILES string of the molecule is CCCCOC1(NS(=O)(=O)c2ccc(C)cc2)C(Cl)=C(Cl)C(=O)C(Cl)=C1Cl. The highest BCUT2D eigenvalue weighted by Gasteiger charge is 2.50. The molecule has 5 nitrogen and oxygen atoms in total. The number of carbonyl (C=O) groups is 1. The van der Waals surface area contributed by atoms with E-state index < -0.39 is 41.7 Å². The molecule has 0 fully saturated rings. The standard InChI is InChI=1S/C17H17Cl4NO4S/c1-3-4-9-26-17(15(20)12(18)14(23)13(19)16(17)21)22-27(24,25)11-7-5-10(2)6-8-11/h5-8,22H,3-4,9H2,1-2H3. The van der Waals surface area contributed by atoms with Crippen LogP contribution in [0.2, 0.25) is 0 Å². The molecular weight excluding hydrogens is 456 g/mol. The monoisotopic (exact) mass is 471 g/mol. The van der Waals surface area contributed by atoms with Crippen molar-refractivity contribution in [3.05, 3.63) is 50.0 Å². The molecule has 0 spiro atoms. The van der Waals surface area contributed by atoms with E-state index in [0.29, 0.717) is 6.42 Å². The lowest BCUT2D eigenvalue weighted by atomic mass is 10.1. The van der Waals surface area contributed by atoms with E-state index in [9.17, 15) is 13.2 Å². The van der Waals surface area contributed by atoms with E-state index in [4.69, 9.17) is 51.1 Å². The van der Waals surface area contributed by atoms with Gasteiger partial charge in [0.1, 0.15) is 10.1 Å². The quantitative estimate of drug-likeness (QED) is 0.459. The van der Waals surface area contributed by atoms with Gasteiger partial charge in [0.2, 0.25) is 21.5 Å². The fraction of sp³-hybridized carbons (Fsp3) is 0.353. The number of rotatable bonds is 7. The Morgan fingerprint density at radius 2 is 1.56 bits per heavy atom. The maximum atomic E-state index is 12.9. The largest absolute Gasteiger partial charge is 0.349 e. The Balaban J connectivity index is 2.57. The van der Waals surface area contributed by atoms with Crippen LogP contribution >= 0.6 is 46.4 Å². The molecule has 0 radical (unpaired) electrons. The number of unbranched alkanes of at least 4 members (excludes halogenated alkanes) is 1. The molecule has 1 aliphatic rings. The number of ketones is 1. The summed E-state index contributed by atoms with van der Waals surface area (Å²) in [5.74, 6) is -0.808. The van der Waals surface area contributed by atoms with Crippen LogP contribution in [0.15, 0.2) is 49.3 Å². The fourth-order valence-corrected chi connectivity index (χ4v) is 4.76. The van der Waals surface area contributed by atoms with Gasteiger partial charge in [-0.3, -0.25) is 4.79 Å². The lowest BCUT2D eigenvalue weighted by Gasteiger charge is -2.36. The zero-order valence-electron chi connectivity index (χ0n) is 14.5. The second-order valence-corrected chi connectivity index (χ2v) is 9.08. The van der Waals surface area contributed by atoms with Crippen molar-refractivity contribution in [1.29, 1.82) is 0 Å². The predicted octanol–water partition coefficient (Wildman–Crippen LogP) is 4.75. The van der Waals surface area contributed by atoms with Crippen LogP contribution in [0.25, 0.3) is 0 Å². The Morgan fingerprint density at radius 1 is 1.04 bits per heavy atom. The molecule has 1 N–H and O–H groups in total. The number of aryl methyl sites for hydroxylation is 1. The summed E-state index contributed by atoms with van der Waals surface area (Å²) in [7, 11) is -4.14. The van der Waals surface area contributed by atoms with Gasteiger partial charge in [-0.15, -0.1) is 0 Å². The van der Waals surface area contributed by atoms with Gasteiger partial charge < -0.3 is 4.74 Å². The summed E-state index contributed by atoms with van der Waals surface area (Å²) in [6.07, 6.45) is 1.36. The summed E-state index contributed by atoms with van der Waals surface area (Å²) in [4.78, 5) is 12.0. The molecule has 1 aromatic rings. The van der Waals surface area contributed by atoms with Gasteiger partial charge in [0.05, 0.1) is 15.0 Å². The molecule has 0 atom stereocenters. The molecule has 2 rings (SSSR count). The van der Waals surface area contributed by atoms with Crippen molar-refractivity contribution in [2.75, 3.05) is 6.61 Å². The average Bonchev–Trinajstić information content (AvgIpc) is 2.63. The van der Waals surface area contributed by atoms with Crippen LogP contribution in [0, 0.1) is 6.92 Å². The lowest BCUT2D eigenvalue weighted by molar-refractivity contribution is -0.111. The van der Waals surface area contributed by atoms with Crippen LogP contribution < -0.4 is 4.72 Å². The Bertz CT molecular complexity index is 879. The minimum atomic E-state index is -4.14. The van der Waals surface area contributed by atoms with E-state index >= 15 is 0 Å². The van der Waals surface area contributed by atoms with Gasteiger partial charge >= 0.3 is 0 Å². The van der Waals surface area contributed by atoms with Crippen LogP contribution in [0.3, 0.4) is 0 Å². The molecule has 0 aliphatic heterocycles. The molecule has 0 saturated heterocycles. The number of nitrogens with one attached hydrogen (secondary N) is 1. The van der Waals surface area contributed by atoms with Crippen LogP contribution in [0.4, 0.5) is 0 Å². The summed E-state index contributed by atoms with van der Waals surface area (Å²) in [6, 6.07) is 6.12. The van der Waals surface area contributed by atoms with Crippen LogP contribution in [-0.4, -0.2) is 26.5 Å². The van der Waals surface area contributed by atoms with Crippen molar-refractivity contribution in [1.82, 2.24) is 4.72 Å². The topological polar surface area (TPSA) is 72.5 Å². The molecule has 0 bridgehead atoms. The molecule has 1 aromatic carbocycles. The Kier molecular flexibility index (Phi) is 7.41. The van der Waals surface area contributed by atoms with Gasteiger partial charge in [0, 0.05) is 6.61 Å². The van der Waals surface area contributed by atoms with Crippen molar-refractivity contribution in [3.63, 3.8) is 0 Å². The maximum absolute atomic E-state index is 12.9. The third-order valence-electron chi connectivity index (χ3n) is 3.83. The van der Waals surface area contributed by atoms with Crippen molar-refractivity contribution >= 4 is 62.2 Å². The van der Waals surface area contributed by atoms with Crippen molar-refractivity contribution in [2.45, 2.75) is 37.3 Å². The first kappa shape index (κ1) is 22.7. The fourth-order valence-electron chi connectivity index (χ4n) is 2.28. The second kappa shape index (κ2) is 8.82. The Hall–Kier alpha value is -0.600. The third kappa shape index (κ3) is 4.53. The van der Waals surface area contributed by atoms with Crippen molar-refractivity contribution < 1.29 is 17.9 Å². The number of halogens is 4. The molecule has 0 saturated carbocycles. The normalized spacial score (nSPS) is 17.6. The highest BCUT2D eigenvalue weighted by atomic mass is 35.5. The minimum absolute atomic E-state index is 0.0374. The summed E-state index contributed by atoms with van der Waals surface area (Å²) >= 11 is 24.4. The molecule has 0 aromatic heterocycles. The number of ether oxygens (including phenoxy) is 1. The number of hydrogen-bond donors (Lipinski definition) is 1. The molecule has 10 heteroatoms. The minimum Gasteiger partial charge on any atom is -0.349 e. The van der Waals surface area contributed by atoms with E-state index in [2.05, 4.69) is 4.72 Å². The zero-order valence-corrected chi connectivity index (χ0v) is 18.3. The third-order valence-corrected chi connectivity index (χ3v) is 7.10. The van der Waals surface area contributed by atoms with E-state index in [-0.39, 0.29) is 11.5 Å².